The standard InChI is InChI=1S/C17H24N2O/c1-4-6-16(20-5-2)17(18)14-9-10-15-13(11-14)8-7-12(3)19-15/h7-11,16-17H,4-6,18H2,1-3H3. The van der Waals surface area contributed by atoms with Crippen LogP contribution in [0.15, 0.2) is 30.3 Å². The van der Waals surface area contributed by atoms with Crippen LogP contribution in [0.4, 0.5) is 0 Å². The number of fused-ring (bicyclic) bond motifs is 1. The minimum atomic E-state index is -0.0828. The van der Waals surface area contributed by atoms with E-state index in [1.807, 2.05) is 26.0 Å². The molecule has 2 N–H and O–H groups in total. The van der Waals surface area contributed by atoms with E-state index in [1.165, 1.54) is 0 Å². The van der Waals surface area contributed by atoms with Crippen LogP contribution in [0.25, 0.3) is 10.9 Å². The van der Waals surface area contributed by atoms with Crippen molar-refractivity contribution >= 4 is 10.9 Å². The second-order valence-corrected chi connectivity index (χ2v) is 5.21. The minimum absolute atomic E-state index is 0.0828. The smallest absolute Gasteiger partial charge is 0.0767 e. The first-order chi connectivity index (χ1) is 9.65. The summed E-state index contributed by atoms with van der Waals surface area (Å²) in [7, 11) is 0. The third-order valence-corrected chi connectivity index (χ3v) is 3.59. The summed E-state index contributed by atoms with van der Waals surface area (Å²) in [5.41, 5.74) is 9.56. The first-order valence-corrected chi connectivity index (χ1v) is 7.40. The van der Waals surface area contributed by atoms with Gasteiger partial charge in [-0.25, -0.2) is 0 Å². The average Bonchev–Trinajstić information content (AvgIpc) is 2.45. The number of hydrogen-bond donors (Lipinski definition) is 1. The van der Waals surface area contributed by atoms with Gasteiger partial charge in [0.15, 0.2) is 0 Å². The summed E-state index contributed by atoms with van der Waals surface area (Å²) in [5, 5.41) is 1.13. The highest BCUT2D eigenvalue weighted by Gasteiger charge is 2.19. The molecule has 1 heterocycles. The fraction of sp³-hybridized carbons (Fsp3) is 0.471. The molecule has 2 aromatic rings. The van der Waals surface area contributed by atoms with Crippen LogP contribution >= 0.6 is 0 Å². The highest BCUT2D eigenvalue weighted by Crippen LogP contribution is 2.24. The zero-order valence-electron chi connectivity index (χ0n) is 12.6. The number of ether oxygens (including phenoxy) is 1. The van der Waals surface area contributed by atoms with Crippen LogP contribution in [-0.2, 0) is 4.74 Å². The lowest BCUT2D eigenvalue weighted by atomic mass is 9.97. The molecule has 0 aliphatic heterocycles. The van der Waals surface area contributed by atoms with Crippen LogP contribution in [0.2, 0.25) is 0 Å². The molecule has 0 bridgehead atoms. The molecule has 2 rings (SSSR count). The Balaban J connectivity index is 2.28. The molecule has 108 valence electrons. The number of hydrogen-bond acceptors (Lipinski definition) is 3. The molecule has 0 radical (unpaired) electrons. The van der Waals surface area contributed by atoms with Gasteiger partial charge < -0.3 is 10.5 Å². The minimum Gasteiger partial charge on any atom is -0.377 e. The van der Waals surface area contributed by atoms with E-state index in [0.29, 0.717) is 6.61 Å². The zero-order valence-corrected chi connectivity index (χ0v) is 12.6. The van der Waals surface area contributed by atoms with Gasteiger partial charge in [0.05, 0.1) is 17.7 Å². The Morgan fingerprint density at radius 1 is 1.20 bits per heavy atom. The summed E-state index contributed by atoms with van der Waals surface area (Å²) in [5.74, 6) is 0. The van der Waals surface area contributed by atoms with Crippen LogP contribution in [-0.4, -0.2) is 17.7 Å². The van der Waals surface area contributed by atoms with Crippen LogP contribution in [0.1, 0.15) is 44.0 Å². The largest absolute Gasteiger partial charge is 0.377 e. The predicted octanol–water partition coefficient (Wildman–Crippen LogP) is 3.75. The number of pyridine rings is 1. The normalized spacial score (nSPS) is 14.4. The first-order valence-electron chi connectivity index (χ1n) is 7.40. The molecule has 3 nitrogen and oxygen atoms in total. The molecule has 2 unspecified atom stereocenters. The second kappa shape index (κ2) is 6.82. The van der Waals surface area contributed by atoms with Gasteiger partial charge in [0, 0.05) is 17.7 Å². The van der Waals surface area contributed by atoms with Gasteiger partial charge in [0.25, 0.3) is 0 Å². The van der Waals surface area contributed by atoms with E-state index in [-0.39, 0.29) is 12.1 Å². The molecule has 0 aliphatic carbocycles. The van der Waals surface area contributed by atoms with Crippen molar-refractivity contribution in [3.8, 4) is 0 Å². The van der Waals surface area contributed by atoms with E-state index in [9.17, 15) is 0 Å². The van der Waals surface area contributed by atoms with Gasteiger partial charge in [0.2, 0.25) is 0 Å². The third kappa shape index (κ3) is 3.35. The van der Waals surface area contributed by atoms with E-state index in [4.69, 9.17) is 10.5 Å². The quantitative estimate of drug-likeness (QED) is 0.871. The van der Waals surface area contributed by atoms with Gasteiger partial charge in [-0.15, -0.1) is 0 Å². The average molecular weight is 272 g/mol. The summed E-state index contributed by atoms with van der Waals surface area (Å²) >= 11 is 0. The van der Waals surface area contributed by atoms with E-state index >= 15 is 0 Å². The molecule has 20 heavy (non-hydrogen) atoms. The SMILES string of the molecule is CCCC(OCC)C(N)c1ccc2nc(C)ccc2c1. The fourth-order valence-corrected chi connectivity index (χ4v) is 2.53. The number of benzene rings is 1. The van der Waals surface area contributed by atoms with Crippen molar-refractivity contribution in [3.63, 3.8) is 0 Å². The number of aryl methyl sites for hydroxylation is 1. The maximum atomic E-state index is 6.39. The van der Waals surface area contributed by atoms with Crippen molar-refractivity contribution in [3.05, 3.63) is 41.6 Å². The van der Waals surface area contributed by atoms with Crippen molar-refractivity contribution < 1.29 is 4.74 Å². The highest BCUT2D eigenvalue weighted by atomic mass is 16.5. The van der Waals surface area contributed by atoms with E-state index in [0.717, 1.165) is 35.0 Å². The molecule has 0 saturated heterocycles. The molecule has 1 aromatic heterocycles. The van der Waals surface area contributed by atoms with E-state index in [1.54, 1.807) is 0 Å². The Morgan fingerprint density at radius 3 is 2.70 bits per heavy atom. The Morgan fingerprint density at radius 2 is 2.00 bits per heavy atom. The van der Waals surface area contributed by atoms with Gasteiger partial charge in [-0.1, -0.05) is 25.5 Å². The molecule has 0 spiro atoms. The Labute approximate surface area is 121 Å². The number of nitrogens with two attached hydrogens (primary N) is 1. The van der Waals surface area contributed by atoms with E-state index in [2.05, 4.69) is 30.1 Å². The third-order valence-electron chi connectivity index (χ3n) is 3.59. The zero-order chi connectivity index (χ0) is 14.5. The molecule has 0 amide bonds. The lowest BCUT2D eigenvalue weighted by Gasteiger charge is -2.24. The predicted molar refractivity (Wildman–Crippen MR) is 83.7 cm³/mol. The Kier molecular flexibility index (Phi) is 5.10. The van der Waals surface area contributed by atoms with Crippen molar-refractivity contribution in [2.75, 3.05) is 6.61 Å². The van der Waals surface area contributed by atoms with Crippen molar-refractivity contribution in [1.82, 2.24) is 4.98 Å². The molecule has 0 fully saturated rings. The number of rotatable bonds is 6. The topological polar surface area (TPSA) is 48.1 Å². The second-order valence-electron chi connectivity index (χ2n) is 5.21. The summed E-state index contributed by atoms with van der Waals surface area (Å²) < 4.78 is 5.79. The van der Waals surface area contributed by atoms with Gasteiger partial charge >= 0.3 is 0 Å². The van der Waals surface area contributed by atoms with Crippen LogP contribution in [0, 0.1) is 6.92 Å². The molecular formula is C17H24N2O. The Hall–Kier alpha value is -1.45. The van der Waals surface area contributed by atoms with Crippen molar-refractivity contribution in [2.24, 2.45) is 5.73 Å². The molecular weight excluding hydrogens is 248 g/mol. The lowest BCUT2D eigenvalue weighted by Crippen LogP contribution is -2.29. The summed E-state index contributed by atoms with van der Waals surface area (Å²) in [6.45, 7) is 6.88. The van der Waals surface area contributed by atoms with Gasteiger partial charge in [0.1, 0.15) is 0 Å². The van der Waals surface area contributed by atoms with Crippen molar-refractivity contribution in [1.29, 1.82) is 0 Å². The van der Waals surface area contributed by atoms with Gasteiger partial charge in [-0.2, -0.15) is 0 Å². The molecule has 2 atom stereocenters. The molecule has 0 aliphatic rings. The summed E-state index contributed by atoms with van der Waals surface area (Å²) in [6, 6.07) is 10.3. The summed E-state index contributed by atoms with van der Waals surface area (Å²) in [6.07, 6.45) is 2.15. The fourth-order valence-electron chi connectivity index (χ4n) is 2.53. The molecule has 1 aromatic carbocycles. The van der Waals surface area contributed by atoms with Gasteiger partial charge in [-0.05, 0) is 44.0 Å². The number of nitrogens with zero attached hydrogens (tertiary/aromatic N) is 1. The summed E-state index contributed by atoms with van der Waals surface area (Å²) in [4.78, 5) is 4.52. The van der Waals surface area contributed by atoms with Crippen molar-refractivity contribution in [2.45, 2.75) is 45.8 Å². The maximum Gasteiger partial charge on any atom is 0.0767 e. The van der Waals surface area contributed by atoms with E-state index < -0.39 is 0 Å². The van der Waals surface area contributed by atoms with Crippen LogP contribution in [0.3, 0.4) is 0 Å². The first kappa shape index (κ1) is 14.9. The van der Waals surface area contributed by atoms with Crippen LogP contribution < -0.4 is 5.73 Å². The molecule has 0 saturated carbocycles. The maximum absolute atomic E-state index is 6.39. The Bertz CT molecular complexity index is 562. The van der Waals surface area contributed by atoms with Crippen LogP contribution in [0.5, 0.6) is 0 Å². The monoisotopic (exact) mass is 272 g/mol. The molecule has 3 heteroatoms. The highest BCUT2D eigenvalue weighted by molar-refractivity contribution is 5.79. The lowest BCUT2D eigenvalue weighted by molar-refractivity contribution is 0.0374. The van der Waals surface area contributed by atoms with Gasteiger partial charge in [-0.3, -0.25) is 4.98 Å². The number of aromatic nitrogens is 1.